The lowest BCUT2D eigenvalue weighted by Crippen LogP contribution is -2.30. The summed E-state index contributed by atoms with van der Waals surface area (Å²) in [5.74, 6) is 0.853. The van der Waals surface area contributed by atoms with E-state index < -0.39 is 97.5 Å². The zero-order valence-corrected chi connectivity index (χ0v) is 62.0. The van der Waals surface area contributed by atoms with E-state index in [1.807, 2.05) is 0 Å². The molecule has 0 aromatic heterocycles. The molecule has 3 unspecified atom stereocenters. The maximum absolute atomic E-state index is 13.0. The molecule has 0 aliphatic carbocycles. The molecule has 92 heavy (non-hydrogen) atoms. The number of rotatable bonds is 70. The molecule has 0 radical (unpaired) electrons. The maximum Gasteiger partial charge on any atom is 0.472 e. The Morgan fingerprint density at radius 1 is 0.304 bits per heavy atom. The van der Waals surface area contributed by atoms with Crippen molar-refractivity contribution in [2.75, 3.05) is 39.6 Å². The van der Waals surface area contributed by atoms with Crippen molar-refractivity contribution in [3.8, 4) is 0 Å². The van der Waals surface area contributed by atoms with Crippen molar-refractivity contribution in [3.63, 3.8) is 0 Å². The number of esters is 4. The smallest absolute Gasteiger partial charge is 0.462 e. The van der Waals surface area contributed by atoms with Gasteiger partial charge in [-0.2, -0.15) is 0 Å². The minimum absolute atomic E-state index is 0.103. The first-order valence-corrected chi connectivity index (χ1v) is 40.7. The van der Waals surface area contributed by atoms with Gasteiger partial charge in [0.15, 0.2) is 12.2 Å². The van der Waals surface area contributed by atoms with Crippen molar-refractivity contribution in [2.45, 2.75) is 382 Å². The molecule has 0 bridgehead atoms. The number of hydrogen-bond acceptors (Lipinski definition) is 15. The minimum atomic E-state index is -4.95. The van der Waals surface area contributed by atoms with Crippen LogP contribution in [-0.2, 0) is 65.4 Å². The van der Waals surface area contributed by atoms with Crippen molar-refractivity contribution in [3.05, 3.63) is 0 Å². The molecule has 0 aromatic carbocycles. The second-order valence-corrected chi connectivity index (χ2v) is 30.9. The van der Waals surface area contributed by atoms with E-state index in [1.165, 1.54) is 161 Å². The lowest BCUT2D eigenvalue weighted by atomic mass is 10.00. The van der Waals surface area contributed by atoms with Gasteiger partial charge >= 0.3 is 39.5 Å². The summed E-state index contributed by atoms with van der Waals surface area (Å²) in [7, 11) is -9.91. The number of phosphoric ester groups is 2. The third-order valence-corrected chi connectivity index (χ3v) is 19.1. The van der Waals surface area contributed by atoms with Crippen LogP contribution in [-0.4, -0.2) is 96.7 Å². The molecule has 0 amide bonds. The summed E-state index contributed by atoms with van der Waals surface area (Å²) in [6, 6.07) is 0. The zero-order chi connectivity index (χ0) is 68.2. The lowest BCUT2D eigenvalue weighted by Gasteiger charge is -2.21. The van der Waals surface area contributed by atoms with Crippen LogP contribution in [0.4, 0.5) is 0 Å². The van der Waals surface area contributed by atoms with E-state index in [-0.39, 0.29) is 25.7 Å². The number of aliphatic hydroxyl groups is 1. The van der Waals surface area contributed by atoms with Crippen molar-refractivity contribution in [1.82, 2.24) is 0 Å². The highest BCUT2D eigenvalue weighted by atomic mass is 31.2. The van der Waals surface area contributed by atoms with Crippen LogP contribution in [0.5, 0.6) is 0 Å². The van der Waals surface area contributed by atoms with Gasteiger partial charge in [0.25, 0.3) is 0 Å². The van der Waals surface area contributed by atoms with Gasteiger partial charge in [-0.1, -0.05) is 312 Å². The molecule has 0 saturated carbocycles. The van der Waals surface area contributed by atoms with E-state index in [0.29, 0.717) is 31.6 Å². The first-order chi connectivity index (χ1) is 44.1. The Labute approximate surface area is 562 Å². The van der Waals surface area contributed by atoms with Gasteiger partial charge in [0.2, 0.25) is 0 Å². The van der Waals surface area contributed by atoms with E-state index in [9.17, 15) is 43.2 Å². The van der Waals surface area contributed by atoms with Gasteiger partial charge < -0.3 is 33.8 Å². The molecule has 0 saturated heterocycles. The Kier molecular flexibility index (Phi) is 61.3. The number of phosphoric acid groups is 2. The Balaban J connectivity index is 5.18. The van der Waals surface area contributed by atoms with E-state index in [1.54, 1.807) is 0 Å². The number of ether oxygens (including phenoxy) is 4. The molecule has 0 spiro atoms. The SMILES string of the molecule is CCC(C)CCCCCCCCC(=O)O[C@H](COC(=O)CCCCCCCCCCCCCCCCCC(C)C)COP(=O)(O)OC[C@@H](O)COP(=O)(O)OC[C@@H](COC(=O)CCCCCCCCC(C)C)OC(=O)CCCCCCCCCCCCCCC(C)C. The molecular weight excluding hydrogens is 1210 g/mol. The van der Waals surface area contributed by atoms with Crippen LogP contribution in [0.2, 0.25) is 0 Å². The lowest BCUT2D eigenvalue weighted by molar-refractivity contribution is -0.161. The molecule has 0 heterocycles. The molecule has 0 fully saturated rings. The normalized spacial score (nSPS) is 14.5. The second-order valence-electron chi connectivity index (χ2n) is 28.0. The Bertz CT molecular complexity index is 1820. The predicted octanol–water partition coefficient (Wildman–Crippen LogP) is 20.9. The topological polar surface area (TPSA) is 237 Å². The number of carbonyl (C=O) groups excluding carboxylic acids is 4. The van der Waals surface area contributed by atoms with Crippen LogP contribution >= 0.6 is 15.6 Å². The molecule has 6 atom stereocenters. The van der Waals surface area contributed by atoms with Crippen molar-refractivity contribution >= 4 is 39.5 Å². The quantitative estimate of drug-likeness (QED) is 0.0222. The van der Waals surface area contributed by atoms with Gasteiger partial charge in [-0.3, -0.25) is 37.3 Å². The van der Waals surface area contributed by atoms with Crippen LogP contribution in [0.1, 0.15) is 364 Å². The van der Waals surface area contributed by atoms with Gasteiger partial charge in [-0.15, -0.1) is 0 Å². The van der Waals surface area contributed by atoms with Crippen LogP contribution < -0.4 is 0 Å². The molecule has 0 aromatic rings. The standard InChI is InChI=1S/C73H142O17P2/c1-9-66(8)52-44-36-30-32-40-48-56-73(78)90-69(59-83-70(75)53-45-37-27-23-19-14-12-10-11-13-17-21-25-33-41-49-63(2)3)62-88-92(81,82)86-58-67(74)57-85-91(79,80)87-61-68(60-84-71(76)54-46-38-31-29-35-43-51-65(6)7)89-72(77)55-47-39-28-24-20-16-15-18-22-26-34-42-50-64(4)5/h63-69,74H,9-62H2,1-8H3,(H,79,80)(H,81,82)/t66?,67-,68+,69+/m0/s1. The third-order valence-electron chi connectivity index (χ3n) is 17.2. The fourth-order valence-corrected chi connectivity index (χ4v) is 12.6. The summed E-state index contributed by atoms with van der Waals surface area (Å²) in [6.07, 6.45) is 46.1. The van der Waals surface area contributed by atoms with Crippen LogP contribution in [0.15, 0.2) is 0 Å². The molecule has 546 valence electrons. The molecule has 0 rings (SSSR count). The Morgan fingerprint density at radius 2 is 0.522 bits per heavy atom. The van der Waals surface area contributed by atoms with Gasteiger partial charge in [0, 0.05) is 25.7 Å². The number of hydrogen-bond donors (Lipinski definition) is 3. The molecule has 0 aliphatic rings. The fraction of sp³-hybridized carbons (Fsp3) is 0.945. The van der Waals surface area contributed by atoms with Crippen LogP contribution in [0.3, 0.4) is 0 Å². The number of unbranched alkanes of at least 4 members (excludes halogenated alkanes) is 35. The summed E-state index contributed by atoms with van der Waals surface area (Å²) < 4.78 is 68.3. The Morgan fingerprint density at radius 3 is 0.772 bits per heavy atom. The number of carbonyl (C=O) groups is 4. The third kappa shape index (κ3) is 65.4. The highest BCUT2D eigenvalue weighted by molar-refractivity contribution is 7.47. The zero-order valence-electron chi connectivity index (χ0n) is 60.2. The maximum atomic E-state index is 13.0. The molecule has 17 nitrogen and oxygen atoms in total. The van der Waals surface area contributed by atoms with Crippen LogP contribution in [0.25, 0.3) is 0 Å². The average Bonchev–Trinajstić information content (AvgIpc) is 1.61. The van der Waals surface area contributed by atoms with Crippen molar-refractivity contribution < 1.29 is 80.2 Å². The average molecular weight is 1350 g/mol. The van der Waals surface area contributed by atoms with E-state index in [4.69, 9.17) is 37.0 Å². The van der Waals surface area contributed by atoms with Crippen molar-refractivity contribution in [1.29, 1.82) is 0 Å². The highest BCUT2D eigenvalue weighted by Gasteiger charge is 2.30. The largest absolute Gasteiger partial charge is 0.472 e. The van der Waals surface area contributed by atoms with Crippen molar-refractivity contribution in [2.24, 2.45) is 23.7 Å². The second kappa shape index (κ2) is 62.6. The summed E-state index contributed by atoms with van der Waals surface area (Å²) in [5.41, 5.74) is 0. The van der Waals surface area contributed by atoms with Gasteiger partial charge in [0.1, 0.15) is 19.3 Å². The molecular formula is C73H142O17P2. The molecule has 3 N–H and O–H groups in total. The fourth-order valence-electron chi connectivity index (χ4n) is 11.0. The van der Waals surface area contributed by atoms with E-state index in [2.05, 4.69) is 55.4 Å². The monoisotopic (exact) mass is 1350 g/mol. The van der Waals surface area contributed by atoms with Gasteiger partial charge in [-0.25, -0.2) is 9.13 Å². The molecule has 19 heteroatoms. The Hall–Kier alpha value is -1.94. The highest BCUT2D eigenvalue weighted by Crippen LogP contribution is 2.45. The van der Waals surface area contributed by atoms with Gasteiger partial charge in [0.05, 0.1) is 26.4 Å². The summed E-state index contributed by atoms with van der Waals surface area (Å²) in [5, 5.41) is 10.6. The summed E-state index contributed by atoms with van der Waals surface area (Å²) in [6.45, 7) is 14.1. The first-order valence-electron chi connectivity index (χ1n) is 37.7. The van der Waals surface area contributed by atoms with E-state index >= 15 is 0 Å². The van der Waals surface area contributed by atoms with E-state index in [0.717, 1.165) is 114 Å². The minimum Gasteiger partial charge on any atom is -0.462 e. The predicted molar refractivity (Wildman–Crippen MR) is 372 cm³/mol. The van der Waals surface area contributed by atoms with Gasteiger partial charge in [-0.05, 0) is 49.4 Å². The first kappa shape index (κ1) is 90.1. The molecule has 0 aliphatic heterocycles. The van der Waals surface area contributed by atoms with Crippen LogP contribution in [0, 0.1) is 23.7 Å². The summed E-state index contributed by atoms with van der Waals surface area (Å²) >= 11 is 0. The number of aliphatic hydroxyl groups excluding tert-OH is 1. The summed E-state index contributed by atoms with van der Waals surface area (Å²) in [4.78, 5) is 72.6.